The first kappa shape index (κ1) is 19.3. The van der Waals surface area contributed by atoms with Crippen molar-refractivity contribution in [2.75, 3.05) is 55.2 Å². The van der Waals surface area contributed by atoms with E-state index < -0.39 is 8.80 Å². The number of likely N-dealkylation sites (N-methyl/N-ethyl adjacent to an activating group) is 1. The van der Waals surface area contributed by atoms with Gasteiger partial charge >= 0.3 is 8.80 Å². The molecule has 0 aliphatic rings. The van der Waals surface area contributed by atoms with E-state index in [-0.39, 0.29) is 6.61 Å². The molecule has 0 bridgehead atoms. The Morgan fingerprint density at radius 1 is 1.00 bits per heavy atom. The van der Waals surface area contributed by atoms with E-state index in [0.717, 1.165) is 26.1 Å². The standard InChI is InChI=1S/C9H23NO4Si.CH4O/c1-10(7-8-11)6-5-9-15(12-2,13-3)14-4;1-2/h11H,5-9H2,1-4H3;2H,1H3. The number of nitrogens with zero attached hydrogens (tertiary/aromatic N) is 1. The molecular formula is C10H27NO5Si. The van der Waals surface area contributed by atoms with Gasteiger partial charge in [0.2, 0.25) is 0 Å². The van der Waals surface area contributed by atoms with Crippen LogP contribution in [0.1, 0.15) is 6.42 Å². The normalized spacial score (nSPS) is 11.3. The molecule has 0 aliphatic carbocycles. The quantitative estimate of drug-likeness (QED) is 0.564. The highest BCUT2D eigenvalue weighted by molar-refractivity contribution is 6.60. The predicted octanol–water partition coefficient (Wildman–Crippen LogP) is -0.213. The highest BCUT2D eigenvalue weighted by Crippen LogP contribution is 2.14. The molecule has 0 aromatic heterocycles. The molecule has 0 saturated heterocycles. The lowest BCUT2D eigenvalue weighted by Gasteiger charge is -2.25. The number of aliphatic hydroxyl groups excluding tert-OH is 2. The lowest BCUT2D eigenvalue weighted by atomic mass is 10.4. The Bertz CT molecular complexity index is 149. The third-order valence-electron chi connectivity index (χ3n) is 2.44. The van der Waals surface area contributed by atoms with E-state index in [0.29, 0.717) is 6.54 Å². The first-order valence-corrected chi connectivity index (χ1v) is 7.47. The molecule has 0 radical (unpaired) electrons. The van der Waals surface area contributed by atoms with Crippen molar-refractivity contribution >= 4 is 8.80 Å². The second-order valence-electron chi connectivity index (χ2n) is 3.43. The summed E-state index contributed by atoms with van der Waals surface area (Å²) in [4.78, 5) is 2.07. The summed E-state index contributed by atoms with van der Waals surface area (Å²) in [5, 5.41) is 15.7. The van der Waals surface area contributed by atoms with Crippen LogP contribution in [0.3, 0.4) is 0 Å². The molecule has 106 valence electrons. The first-order valence-electron chi connectivity index (χ1n) is 5.53. The van der Waals surface area contributed by atoms with Crippen molar-refractivity contribution in [2.45, 2.75) is 12.5 Å². The molecule has 0 atom stereocenters. The molecule has 0 heterocycles. The average Bonchev–Trinajstić information content (AvgIpc) is 2.38. The van der Waals surface area contributed by atoms with Gasteiger partial charge in [0.1, 0.15) is 0 Å². The Kier molecular flexibility index (Phi) is 14.1. The van der Waals surface area contributed by atoms with Gasteiger partial charge in [-0.1, -0.05) is 0 Å². The van der Waals surface area contributed by atoms with Crippen molar-refractivity contribution in [3.8, 4) is 0 Å². The van der Waals surface area contributed by atoms with E-state index in [1.54, 1.807) is 21.3 Å². The SMILES string of the molecule is CO.CO[Si](CCCN(C)CCO)(OC)OC. The van der Waals surface area contributed by atoms with Crippen LogP contribution in [0.15, 0.2) is 0 Å². The fourth-order valence-electron chi connectivity index (χ4n) is 1.40. The first-order chi connectivity index (χ1) is 8.14. The van der Waals surface area contributed by atoms with Crippen LogP contribution in [0.4, 0.5) is 0 Å². The summed E-state index contributed by atoms with van der Waals surface area (Å²) >= 11 is 0. The molecule has 0 aromatic carbocycles. The molecule has 0 spiro atoms. The van der Waals surface area contributed by atoms with Gasteiger partial charge in [0, 0.05) is 41.0 Å². The Balaban J connectivity index is 0. The van der Waals surface area contributed by atoms with Crippen molar-refractivity contribution in [2.24, 2.45) is 0 Å². The van der Waals surface area contributed by atoms with Crippen LogP contribution in [0.2, 0.25) is 6.04 Å². The molecule has 0 rings (SSSR count). The zero-order valence-corrected chi connectivity index (χ0v) is 12.6. The van der Waals surface area contributed by atoms with Gasteiger partial charge in [-0.2, -0.15) is 0 Å². The Labute approximate surface area is 105 Å². The fraction of sp³-hybridized carbons (Fsp3) is 1.00. The Morgan fingerprint density at radius 3 is 1.82 bits per heavy atom. The monoisotopic (exact) mass is 269 g/mol. The zero-order valence-electron chi connectivity index (χ0n) is 11.6. The van der Waals surface area contributed by atoms with Gasteiger partial charge in [0.25, 0.3) is 0 Å². The van der Waals surface area contributed by atoms with E-state index in [1.807, 2.05) is 7.05 Å². The molecule has 0 fully saturated rings. The van der Waals surface area contributed by atoms with Crippen molar-refractivity contribution in [1.82, 2.24) is 4.90 Å². The summed E-state index contributed by atoms with van der Waals surface area (Å²) in [5.41, 5.74) is 0. The minimum atomic E-state index is -2.40. The lowest BCUT2D eigenvalue weighted by molar-refractivity contribution is 0.121. The molecule has 0 unspecified atom stereocenters. The maximum Gasteiger partial charge on any atom is 0.500 e. The summed E-state index contributed by atoms with van der Waals surface area (Å²) in [7, 11) is 5.45. The largest absolute Gasteiger partial charge is 0.500 e. The van der Waals surface area contributed by atoms with Crippen LogP contribution in [-0.4, -0.2) is 79.1 Å². The van der Waals surface area contributed by atoms with Crippen LogP contribution in [0, 0.1) is 0 Å². The molecular weight excluding hydrogens is 242 g/mol. The van der Waals surface area contributed by atoms with Crippen LogP contribution < -0.4 is 0 Å². The van der Waals surface area contributed by atoms with Gasteiger partial charge in [-0.05, 0) is 20.0 Å². The molecule has 0 saturated carbocycles. The molecule has 7 heteroatoms. The molecule has 17 heavy (non-hydrogen) atoms. The second kappa shape index (κ2) is 12.4. The third kappa shape index (κ3) is 8.67. The molecule has 6 nitrogen and oxygen atoms in total. The zero-order chi connectivity index (χ0) is 13.7. The Hall–Kier alpha value is -0.0231. The summed E-state index contributed by atoms with van der Waals surface area (Å²) in [6.45, 7) is 1.80. The van der Waals surface area contributed by atoms with Gasteiger partial charge in [0.15, 0.2) is 0 Å². The number of aliphatic hydroxyl groups is 2. The van der Waals surface area contributed by atoms with Crippen LogP contribution >= 0.6 is 0 Å². The minimum Gasteiger partial charge on any atom is -0.400 e. The average molecular weight is 269 g/mol. The number of hydrogen-bond acceptors (Lipinski definition) is 6. The summed E-state index contributed by atoms with van der Waals surface area (Å²) in [6, 6.07) is 0.798. The molecule has 2 N–H and O–H groups in total. The molecule has 0 aliphatic heterocycles. The van der Waals surface area contributed by atoms with E-state index >= 15 is 0 Å². The minimum absolute atomic E-state index is 0.192. The van der Waals surface area contributed by atoms with E-state index in [9.17, 15) is 0 Å². The smallest absolute Gasteiger partial charge is 0.400 e. The predicted molar refractivity (Wildman–Crippen MR) is 68.9 cm³/mol. The van der Waals surface area contributed by atoms with Gasteiger partial charge in [-0.15, -0.1) is 0 Å². The summed E-state index contributed by atoms with van der Waals surface area (Å²) in [6.07, 6.45) is 0.943. The summed E-state index contributed by atoms with van der Waals surface area (Å²) in [5.74, 6) is 0. The highest BCUT2D eigenvalue weighted by Gasteiger charge is 2.36. The summed E-state index contributed by atoms with van der Waals surface area (Å²) < 4.78 is 15.9. The fourth-order valence-corrected chi connectivity index (χ4v) is 3.11. The van der Waals surface area contributed by atoms with Gasteiger partial charge in [0.05, 0.1) is 6.61 Å². The third-order valence-corrected chi connectivity index (χ3v) is 5.27. The van der Waals surface area contributed by atoms with Crippen molar-refractivity contribution in [3.05, 3.63) is 0 Å². The van der Waals surface area contributed by atoms with Gasteiger partial charge in [-0.25, -0.2) is 0 Å². The maximum atomic E-state index is 8.73. The van der Waals surface area contributed by atoms with Crippen LogP contribution in [-0.2, 0) is 13.3 Å². The van der Waals surface area contributed by atoms with Crippen LogP contribution in [0.25, 0.3) is 0 Å². The van der Waals surface area contributed by atoms with Crippen molar-refractivity contribution < 1.29 is 23.5 Å². The van der Waals surface area contributed by atoms with Gasteiger partial charge < -0.3 is 28.4 Å². The topological polar surface area (TPSA) is 71.4 Å². The Morgan fingerprint density at radius 2 is 1.47 bits per heavy atom. The van der Waals surface area contributed by atoms with Gasteiger partial charge in [-0.3, -0.25) is 0 Å². The highest BCUT2D eigenvalue weighted by atomic mass is 28.4. The van der Waals surface area contributed by atoms with Crippen LogP contribution in [0.5, 0.6) is 0 Å². The van der Waals surface area contributed by atoms with Crippen molar-refractivity contribution in [3.63, 3.8) is 0 Å². The number of rotatable bonds is 9. The van der Waals surface area contributed by atoms with E-state index in [2.05, 4.69) is 4.90 Å². The number of hydrogen-bond donors (Lipinski definition) is 2. The van der Waals surface area contributed by atoms with E-state index in [1.165, 1.54) is 0 Å². The molecule has 0 aromatic rings. The maximum absolute atomic E-state index is 8.73. The van der Waals surface area contributed by atoms with E-state index in [4.69, 9.17) is 23.5 Å². The second-order valence-corrected chi connectivity index (χ2v) is 6.52. The lowest BCUT2D eigenvalue weighted by Crippen LogP contribution is -2.43. The van der Waals surface area contributed by atoms with Crippen molar-refractivity contribution in [1.29, 1.82) is 0 Å². The molecule has 0 amide bonds.